The molecule has 11 nitrogen and oxygen atoms in total. The van der Waals surface area contributed by atoms with E-state index in [2.05, 4.69) is 0 Å². The van der Waals surface area contributed by atoms with Gasteiger partial charge in [0.15, 0.2) is 0 Å². The molecule has 0 bridgehead atoms. The van der Waals surface area contributed by atoms with E-state index >= 15 is 0 Å². The van der Waals surface area contributed by atoms with E-state index in [0.29, 0.717) is 0 Å². The van der Waals surface area contributed by atoms with Crippen LogP contribution in [0.25, 0.3) is 0 Å². The Kier molecular flexibility index (Phi) is 5.65. The van der Waals surface area contributed by atoms with Gasteiger partial charge in [0.2, 0.25) is 0 Å². The van der Waals surface area contributed by atoms with E-state index in [1.165, 1.54) is 6.07 Å². The number of ether oxygens (including phenoxy) is 1. The number of anilines is 1. The van der Waals surface area contributed by atoms with Crippen LogP contribution in [0.4, 0.5) is 21.0 Å². The molecule has 11 heteroatoms. The summed E-state index contributed by atoms with van der Waals surface area (Å²) in [6.07, 6.45) is -2.35. The molecule has 0 unspecified atom stereocenters. The molecule has 0 aliphatic rings. The molecule has 24 heavy (non-hydrogen) atoms. The Morgan fingerprint density at radius 1 is 1.21 bits per heavy atom. The van der Waals surface area contributed by atoms with E-state index in [4.69, 9.17) is 9.84 Å². The van der Waals surface area contributed by atoms with Gasteiger partial charge >= 0.3 is 12.2 Å². The summed E-state index contributed by atoms with van der Waals surface area (Å²) >= 11 is 0. The summed E-state index contributed by atoms with van der Waals surface area (Å²) in [5.41, 5.74) is 2.06. The predicted molar refractivity (Wildman–Crippen MR) is 81.6 cm³/mol. The van der Waals surface area contributed by atoms with Crippen LogP contribution in [-0.2, 0) is 4.74 Å². The molecule has 1 aromatic carbocycles. The van der Waals surface area contributed by atoms with Crippen molar-refractivity contribution in [2.75, 3.05) is 5.32 Å². The third kappa shape index (κ3) is 5.79. The third-order valence-corrected chi connectivity index (χ3v) is 2.37. The SMILES string of the molecule is CC(C)(C)OC(=O)NNC(=O)c1ccc(NC(=O)O)cc1[N+](=O)[O-]. The van der Waals surface area contributed by atoms with Gasteiger partial charge in [-0.05, 0) is 32.9 Å². The standard InChI is InChI=1S/C13H16N4O7/c1-13(2,3)24-12(21)16-15-10(18)8-5-4-7(14-11(19)20)6-9(8)17(22)23/h4-6,14H,1-3H3,(H,15,18)(H,16,21)(H,19,20). The number of carbonyl (C=O) groups is 3. The van der Waals surface area contributed by atoms with Crippen LogP contribution in [0.3, 0.4) is 0 Å². The summed E-state index contributed by atoms with van der Waals surface area (Å²) < 4.78 is 4.89. The lowest BCUT2D eigenvalue weighted by atomic mass is 10.1. The molecule has 0 spiro atoms. The number of hydrogen-bond donors (Lipinski definition) is 4. The van der Waals surface area contributed by atoms with E-state index in [1.807, 2.05) is 16.2 Å². The molecule has 1 aromatic rings. The van der Waals surface area contributed by atoms with Crippen molar-refractivity contribution in [3.05, 3.63) is 33.9 Å². The summed E-state index contributed by atoms with van der Waals surface area (Å²) in [7, 11) is 0. The Hall–Kier alpha value is -3.37. The second kappa shape index (κ2) is 7.26. The highest BCUT2D eigenvalue weighted by molar-refractivity contribution is 5.99. The van der Waals surface area contributed by atoms with Crippen molar-refractivity contribution in [3.63, 3.8) is 0 Å². The fourth-order valence-electron chi connectivity index (χ4n) is 1.55. The Morgan fingerprint density at radius 3 is 2.33 bits per heavy atom. The molecule has 0 fully saturated rings. The quantitative estimate of drug-likeness (QED) is 0.482. The molecular weight excluding hydrogens is 324 g/mol. The molecular formula is C13H16N4O7. The number of amides is 3. The Bertz CT molecular complexity index is 681. The van der Waals surface area contributed by atoms with Crippen LogP contribution in [0, 0.1) is 10.1 Å². The predicted octanol–water partition coefficient (Wildman–Crippen LogP) is 1.85. The van der Waals surface area contributed by atoms with Crippen LogP contribution in [0.5, 0.6) is 0 Å². The van der Waals surface area contributed by atoms with Crippen LogP contribution in [0.2, 0.25) is 0 Å². The third-order valence-electron chi connectivity index (χ3n) is 2.37. The lowest BCUT2D eigenvalue weighted by molar-refractivity contribution is -0.385. The lowest BCUT2D eigenvalue weighted by Crippen LogP contribution is -2.44. The van der Waals surface area contributed by atoms with Gasteiger partial charge in [-0.15, -0.1) is 0 Å². The van der Waals surface area contributed by atoms with Gasteiger partial charge in [0.05, 0.1) is 10.6 Å². The summed E-state index contributed by atoms with van der Waals surface area (Å²) in [5.74, 6) is -0.963. The lowest BCUT2D eigenvalue weighted by Gasteiger charge is -2.19. The minimum Gasteiger partial charge on any atom is -0.465 e. The number of nitro groups is 1. The second-order valence-corrected chi connectivity index (χ2v) is 5.50. The number of rotatable bonds is 3. The minimum atomic E-state index is -1.41. The maximum absolute atomic E-state index is 12.0. The number of hydrogen-bond acceptors (Lipinski definition) is 6. The number of nitro benzene ring substituents is 1. The van der Waals surface area contributed by atoms with Crippen LogP contribution in [0.1, 0.15) is 31.1 Å². The molecule has 0 aliphatic heterocycles. The number of hydrazine groups is 1. The van der Waals surface area contributed by atoms with E-state index in [1.54, 1.807) is 20.8 Å². The summed E-state index contributed by atoms with van der Waals surface area (Å²) in [4.78, 5) is 44.1. The van der Waals surface area contributed by atoms with Crippen LogP contribution >= 0.6 is 0 Å². The van der Waals surface area contributed by atoms with Crippen molar-refractivity contribution in [2.24, 2.45) is 0 Å². The Labute approximate surface area is 136 Å². The Morgan fingerprint density at radius 2 is 1.83 bits per heavy atom. The molecule has 0 saturated heterocycles. The van der Waals surface area contributed by atoms with E-state index in [-0.39, 0.29) is 11.3 Å². The van der Waals surface area contributed by atoms with Crippen molar-refractivity contribution in [1.29, 1.82) is 0 Å². The highest BCUT2D eigenvalue weighted by Gasteiger charge is 2.22. The van der Waals surface area contributed by atoms with E-state index < -0.39 is 34.3 Å². The van der Waals surface area contributed by atoms with Gasteiger partial charge < -0.3 is 9.84 Å². The maximum atomic E-state index is 12.0. The molecule has 0 saturated carbocycles. The first kappa shape index (κ1) is 18.7. The van der Waals surface area contributed by atoms with Crippen LogP contribution in [-0.4, -0.2) is 33.7 Å². The summed E-state index contributed by atoms with van der Waals surface area (Å²) in [6.45, 7) is 4.86. The normalized spacial score (nSPS) is 10.5. The molecule has 0 radical (unpaired) electrons. The minimum absolute atomic E-state index is 0.0779. The van der Waals surface area contributed by atoms with Crippen LogP contribution < -0.4 is 16.2 Å². The van der Waals surface area contributed by atoms with Crippen molar-refractivity contribution in [1.82, 2.24) is 10.9 Å². The molecule has 0 aliphatic carbocycles. The van der Waals surface area contributed by atoms with Gasteiger partial charge in [-0.2, -0.15) is 0 Å². The monoisotopic (exact) mass is 340 g/mol. The van der Waals surface area contributed by atoms with Gasteiger partial charge in [0, 0.05) is 6.07 Å². The fraction of sp³-hybridized carbons (Fsp3) is 0.308. The Balaban J connectivity index is 2.88. The largest absolute Gasteiger partial charge is 0.465 e. The number of nitrogens with one attached hydrogen (secondary N) is 3. The second-order valence-electron chi connectivity index (χ2n) is 5.50. The van der Waals surface area contributed by atoms with E-state index in [9.17, 15) is 24.5 Å². The number of carbonyl (C=O) groups excluding carboxylic acids is 2. The van der Waals surface area contributed by atoms with Crippen molar-refractivity contribution >= 4 is 29.5 Å². The zero-order chi connectivity index (χ0) is 18.5. The molecule has 4 N–H and O–H groups in total. The van der Waals surface area contributed by atoms with Gasteiger partial charge in [-0.25, -0.2) is 15.0 Å². The smallest absolute Gasteiger partial charge is 0.426 e. The average molecular weight is 340 g/mol. The fourth-order valence-corrected chi connectivity index (χ4v) is 1.55. The number of benzene rings is 1. The maximum Gasteiger partial charge on any atom is 0.426 e. The topological polar surface area (TPSA) is 160 Å². The van der Waals surface area contributed by atoms with Crippen molar-refractivity contribution in [2.45, 2.75) is 26.4 Å². The zero-order valence-electron chi connectivity index (χ0n) is 13.1. The van der Waals surface area contributed by atoms with Gasteiger partial charge in [-0.3, -0.25) is 25.7 Å². The average Bonchev–Trinajstić information content (AvgIpc) is 2.42. The van der Waals surface area contributed by atoms with Gasteiger partial charge in [0.1, 0.15) is 11.2 Å². The zero-order valence-corrected chi connectivity index (χ0v) is 13.1. The van der Waals surface area contributed by atoms with E-state index in [0.717, 1.165) is 12.1 Å². The number of carboxylic acid groups (broad SMARTS) is 1. The molecule has 3 amide bonds. The first-order valence-electron chi connectivity index (χ1n) is 6.57. The highest BCUT2D eigenvalue weighted by atomic mass is 16.6. The molecule has 0 aromatic heterocycles. The van der Waals surface area contributed by atoms with Gasteiger partial charge in [-0.1, -0.05) is 0 Å². The molecule has 0 atom stereocenters. The van der Waals surface area contributed by atoms with Gasteiger partial charge in [0.25, 0.3) is 11.6 Å². The van der Waals surface area contributed by atoms with Crippen LogP contribution in [0.15, 0.2) is 18.2 Å². The molecule has 0 heterocycles. The highest BCUT2D eigenvalue weighted by Crippen LogP contribution is 2.23. The first-order valence-corrected chi connectivity index (χ1v) is 6.57. The summed E-state index contributed by atoms with van der Waals surface area (Å²) in [6, 6.07) is 3.11. The van der Waals surface area contributed by atoms with Crippen molar-refractivity contribution < 1.29 is 29.2 Å². The first-order chi connectivity index (χ1) is 11.0. The van der Waals surface area contributed by atoms with Crippen molar-refractivity contribution in [3.8, 4) is 0 Å². The molecule has 1 rings (SSSR count). The molecule has 130 valence electrons. The number of nitrogens with zero attached hydrogens (tertiary/aromatic N) is 1. The summed E-state index contributed by atoms with van der Waals surface area (Å²) in [5, 5.41) is 21.6.